The second-order valence-corrected chi connectivity index (χ2v) is 13.2. The highest BCUT2D eigenvalue weighted by atomic mass is 14.4. The van der Waals surface area contributed by atoms with Crippen molar-refractivity contribution >= 4 is 11.1 Å². The predicted octanol–water partition coefficient (Wildman–Crippen LogP) is 11.3. The molecule has 0 radical (unpaired) electrons. The van der Waals surface area contributed by atoms with Crippen molar-refractivity contribution in [2.75, 3.05) is 0 Å². The van der Waals surface area contributed by atoms with Crippen molar-refractivity contribution in [1.29, 1.82) is 0 Å². The lowest BCUT2D eigenvalue weighted by Gasteiger charge is -2.35. The number of benzene rings is 1. The Bertz CT molecular complexity index is 781. The third-order valence-corrected chi connectivity index (χ3v) is 11.0. The Morgan fingerprint density at radius 2 is 0.889 bits per heavy atom. The number of hydrogen-bond donors (Lipinski definition) is 0. The lowest BCUT2D eigenvalue weighted by atomic mass is 9.70. The highest BCUT2D eigenvalue weighted by Gasteiger charge is 2.30. The van der Waals surface area contributed by atoms with Gasteiger partial charge in [0.25, 0.3) is 0 Å². The first-order valence-electron chi connectivity index (χ1n) is 16.2. The van der Waals surface area contributed by atoms with Crippen LogP contribution in [0.4, 0.5) is 0 Å². The standard InChI is InChI=1S/C36H54/c1-3-5-27-7-11-29(12-8-27)31-15-19-33(20-16-31)35-23-25-36(26-24-35)34-21-17-32(18-22-34)30-13-9-28(6-4-2)10-14-30/h19,21,23-32H,3-18,20,22H2,1-2H3. The van der Waals surface area contributed by atoms with Gasteiger partial charge in [-0.1, -0.05) is 102 Å². The normalized spacial score (nSPS) is 33.6. The average Bonchev–Trinajstić information content (AvgIpc) is 2.95. The molecule has 1 aromatic rings. The average molecular weight is 487 g/mol. The van der Waals surface area contributed by atoms with Crippen LogP contribution in [0.5, 0.6) is 0 Å². The minimum absolute atomic E-state index is 0.956. The number of rotatable bonds is 8. The van der Waals surface area contributed by atoms with Gasteiger partial charge in [-0.2, -0.15) is 0 Å². The lowest BCUT2D eigenvalue weighted by molar-refractivity contribution is 0.189. The van der Waals surface area contributed by atoms with Gasteiger partial charge >= 0.3 is 0 Å². The van der Waals surface area contributed by atoms with E-state index < -0.39 is 0 Å². The van der Waals surface area contributed by atoms with Crippen molar-refractivity contribution in [3.63, 3.8) is 0 Å². The van der Waals surface area contributed by atoms with Gasteiger partial charge in [-0.15, -0.1) is 0 Å². The van der Waals surface area contributed by atoms with E-state index in [1.54, 1.807) is 11.1 Å². The Morgan fingerprint density at radius 3 is 1.19 bits per heavy atom. The summed E-state index contributed by atoms with van der Waals surface area (Å²) in [6.45, 7) is 4.71. The van der Waals surface area contributed by atoms with E-state index >= 15 is 0 Å². The van der Waals surface area contributed by atoms with E-state index in [4.69, 9.17) is 0 Å². The summed E-state index contributed by atoms with van der Waals surface area (Å²) in [5, 5.41) is 0. The SMILES string of the molecule is CCCC1CCC(C2CC=C(c3ccc(C4=CCC(C5CCC(CCC)CC5)CC4)cc3)CC2)CC1. The van der Waals surface area contributed by atoms with E-state index in [9.17, 15) is 0 Å². The van der Waals surface area contributed by atoms with E-state index in [1.165, 1.54) is 127 Å². The zero-order valence-corrected chi connectivity index (χ0v) is 23.7. The molecule has 0 spiro atoms. The van der Waals surface area contributed by atoms with E-state index in [0.717, 1.165) is 35.5 Å². The van der Waals surface area contributed by atoms with Gasteiger partial charge in [0, 0.05) is 0 Å². The Morgan fingerprint density at radius 1 is 0.500 bits per heavy atom. The van der Waals surface area contributed by atoms with Crippen molar-refractivity contribution in [1.82, 2.24) is 0 Å². The van der Waals surface area contributed by atoms with Crippen LogP contribution in [0.25, 0.3) is 11.1 Å². The first kappa shape index (κ1) is 26.3. The minimum Gasteiger partial charge on any atom is -0.0804 e. The van der Waals surface area contributed by atoms with Gasteiger partial charge in [-0.25, -0.2) is 0 Å². The third kappa shape index (κ3) is 6.57. The van der Waals surface area contributed by atoms with Crippen LogP contribution < -0.4 is 0 Å². The van der Waals surface area contributed by atoms with Crippen molar-refractivity contribution in [3.8, 4) is 0 Å². The molecule has 1 aromatic carbocycles. The van der Waals surface area contributed by atoms with Gasteiger partial charge in [0.05, 0.1) is 0 Å². The molecule has 0 aromatic heterocycles. The van der Waals surface area contributed by atoms with Gasteiger partial charge in [0.15, 0.2) is 0 Å². The summed E-state index contributed by atoms with van der Waals surface area (Å²) in [7, 11) is 0. The molecule has 0 saturated heterocycles. The van der Waals surface area contributed by atoms with Crippen LogP contribution in [0.3, 0.4) is 0 Å². The van der Waals surface area contributed by atoms with Crippen LogP contribution in [0.2, 0.25) is 0 Å². The summed E-state index contributed by atoms with van der Waals surface area (Å²) in [6.07, 6.45) is 31.0. The second kappa shape index (κ2) is 13.0. The molecule has 0 heterocycles. The Labute approximate surface area is 223 Å². The number of hydrogen-bond acceptors (Lipinski definition) is 0. The molecule has 0 bridgehead atoms. The first-order chi connectivity index (χ1) is 17.7. The summed E-state index contributed by atoms with van der Waals surface area (Å²) in [6, 6.07) is 9.72. The molecule has 198 valence electrons. The van der Waals surface area contributed by atoms with Crippen LogP contribution in [-0.4, -0.2) is 0 Å². The van der Waals surface area contributed by atoms with Crippen LogP contribution in [0, 0.1) is 35.5 Å². The molecule has 2 unspecified atom stereocenters. The van der Waals surface area contributed by atoms with Crippen LogP contribution in [0.15, 0.2) is 36.4 Å². The highest BCUT2D eigenvalue weighted by molar-refractivity contribution is 5.71. The summed E-state index contributed by atoms with van der Waals surface area (Å²) < 4.78 is 0. The third-order valence-electron chi connectivity index (χ3n) is 11.0. The zero-order valence-electron chi connectivity index (χ0n) is 23.7. The van der Waals surface area contributed by atoms with Crippen molar-refractivity contribution < 1.29 is 0 Å². The van der Waals surface area contributed by atoms with Crippen LogP contribution >= 0.6 is 0 Å². The van der Waals surface area contributed by atoms with E-state index in [2.05, 4.69) is 50.3 Å². The Kier molecular flexibility index (Phi) is 9.48. The summed E-state index contributed by atoms with van der Waals surface area (Å²) in [5.74, 6) is 6.00. The van der Waals surface area contributed by atoms with E-state index in [0.29, 0.717) is 0 Å². The fraction of sp³-hybridized carbons (Fsp3) is 0.722. The summed E-state index contributed by atoms with van der Waals surface area (Å²) in [5.41, 5.74) is 6.21. The molecule has 0 nitrogen and oxygen atoms in total. The van der Waals surface area contributed by atoms with Crippen molar-refractivity contribution in [2.45, 2.75) is 129 Å². The smallest absolute Gasteiger partial charge is 0.0227 e. The predicted molar refractivity (Wildman–Crippen MR) is 158 cm³/mol. The fourth-order valence-corrected chi connectivity index (χ4v) is 8.70. The van der Waals surface area contributed by atoms with Crippen molar-refractivity contribution in [3.05, 3.63) is 47.5 Å². The number of allylic oxidation sites excluding steroid dienone is 4. The van der Waals surface area contributed by atoms with Crippen molar-refractivity contribution in [2.24, 2.45) is 35.5 Å². The van der Waals surface area contributed by atoms with E-state index in [-0.39, 0.29) is 0 Å². The lowest BCUT2D eigenvalue weighted by Crippen LogP contribution is -2.23. The van der Waals surface area contributed by atoms with Gasteiger partial charge < -0.3 is 0 Å². The van der Waals surface area contributed by atoms with Gasteiger partial charge in [-0.05, 0) is 122 Å². The molecule has 2 atom stereocenters. The van der Waals surface area contributed by atoms with Gasteiger partial charge in [-0.3, -0.25) is 0 Å². The maximum absolute atomic E-state index is 2.61. The van der Waals surface area contributed by atoms with Crippen LogP contribution in [-0.2, 0) is 0 Å². The fourth-order valence-electron chi connectivity index (χ4n) is 8.70. The maximum Gasteiger partial charge on any atom is -0.0227 e. The topological polar surface area (TPSA) is 0 Å². The first-order valence-corrected chi connectivity index (χ1v) is 16.2. The molecule has 5 rings (SSSR count). The molecule has 2 saturated carbocycles. The summed E-state index contributed by atoms with van der Waals surface area (Å²) >= 11 is 0. The van der Waals surface area contributed by atoms with E-state index in [1.807, 2.05) is 0 Å². The van der Waals surface area contributed by atoms with Gasteiger partial charge in [0.1, 0.15) is 0 Å². The van der Waals surface area contributed by atoms with Crippen LogP contribution in [0.1, 0.15) is 141 Å². The molecule has 0 heteroatoms. The Balaban J connectivity index is 1.10. The largest absolute Gasteiger partial charge is 0.0804 e. The molecular weight excluding hydrogens is 432 g/mol. The minimum atomic E-state index is 0.956. The molecular formula is C36H54. The zero-order chi connectivity index (χ0) is 24.7. The molecule has 36 heavy (non-hydrogen) atoms. The molecule has 4 aliphatic rings. The molecule has 2 fully saturated rings. The molecule has 0 N–H and O–H groups in total. The van der Waals surface area contributed by atoms with Gasteiger partial charge in [0.2, 0.25) is 0 Å². The monoisotopic (exact) mass is 486 g/mol. The molecule has 0 aliphatic heterocycles. The molecule has 4 aliphatic carbocycles. The highest BCUT2D eigenvalue weighted by Crippen LogP contribution is 2.44. The maximum atomic E-state index is 2.61. The second-order valence-electron chi connectivity index (χ2n) is 13.2. The summed E-state index contributed by atoms with van der Waals surface area (Å²) in [4.78, 5) is 0. The Hall–Kier alpha value is -1.30. The quantitative estimate of drug-likeness (QED) is 0.343. The molecule has 0 amide bonds.